The van der Waals surface area contributed by atoms with E-state index in [2.05, 4.69) is 44.7 Å². The summed E-state index contributed by atoms with van der Waals surface area (Å²) in [6, 6.07) is 7.43. The van der Waals surface area contributed by atoms with Crippen molar-refractivity contribution < 1.29 is 9.59 Å². The number of H-pyrrole nitrogens is 1. The number of benzene rings is 1. The Kier molecular flexibility index (Phi) is 6.12. The quantitative estimate of drug-likeness (QED) is 0.447. The van der Waals surface area contributed by atoms with E-state index in [1.54, 1.807) is 13.2 Å². The van der Waals surface area contributed by atoms with Gasteiger partial charge in [-0.05, 0) is 37.4 Å². The van der Waals surface area contributed by atoms with Crippen LogP contribution < -0.4 is 10.6 Å². The number of aromatic amines is 1. The second kappa shape index (κ2) is 9.46. The lowest BCUT2D eigenvalue weighted by Gasteiger charge is -2.32. The van der Waals surface area contributed by atoms with Gasteiger partial charge in [0.25, 0.3) is 5.91 Å². The summed E-state index contributed by atoms with van der Waals surface area (Å²) in [6.07, 6.45) is 6.89. The summed E-state index contributed by atoms with van der Waals surface area (Å²) >= 11 is 6.60. The van der Waals surface area contributed by atoms with Crippen molar-refractivity contribution in [1.82, 2.24) is 30.1 Å². The molecule has 3 N–H and O–H groups in total. The molecule has 6 rings (SSSR count). The first-order chi connectivity index (χ1) is 17.9. The third kappa shape index (κ3) is 4.26. The minimum absolute atomic E-state index is 0.0345. The molecular weight excluding hydrogens is 490 g/mol. The molecule has 1 saturated heterocycles. The number of aromatic nitrogens is 3. The topological polar surface area (TPSA) is 106 Å². The smallest absolute Gasteiger partial charge is 0.253 e. The zero-order valence-corrected chi connectivity index (χ0v) is 21.6. The van der Waals surface area contributed by atoms with Crippen LogP contribution in [0.5, 0.6) is 0 Å². The average molecular weight is 520 g/mol. The maximum absolute atomic E-state index is 12.9. The number of halogens is 1. The molecule has 4 unspecified atom stereocenters. The van der Waals surface area contributed by atoms with E-state index < -0.39 is 0 Å². The molecular formula is C27H30ClN7O2. The normalized spacial score (nSPS) is 25.1. The summed E-state index contributed by atoms with van der Waals surface area (Å²) in [7, 11) is 3.75. The summed E-state index contributed by atoms with van der Waals surface area (Å²) < 4.78 is 0. The molecule has 2 aliphatic carbocycles. The van der Waals surface area contributed by atoms with Crippen molar-refractivity contribution in [3.8, 4) is 11.4 Å². The number of nitrogens with zero attached hydrogens (tertiary/aromatic N) is 4. The average Bonchev–Trinajstić information content (AvgIpc) is 3.65. The van der Waals surface area contributed by atoms with E-state index in [9.17, 15) is 9.59 Å². The van der Waals surface area contributed by atoms with Gasteiger partial charge in [-0.25, -0.2) is 9.97 Å². The summed E-state index contributed by atoms with van der Waals surface area (Å²) in [5, 5.41) is 6.85. The van der Waals surface area contributed by atoms with Crippen molar-refractivity contribution in [3.63, 3.8) is 0 Å². The molecule has 3 aromatic rings. The van der Waals surface area contributed by atoms with E-state index in [0.29, 0.717) is 33.3 Å². The van der Waals surface area contributed by atoms with E-state index in [1.807, 2.05) is 29.2 Å². The molecule has 2 amide bonds. The number of anilines is 1. The van der Waals surface area contributed by atoms with Crippen molar-refractivity contribution in [1.29, 1.82) is 0 Å². The van der Waals surface area contributed by atoms with Crippen molar-refractivity contribution in [3.05, 3.63) is 53.2 Å². The highest BCUT2D eigenvalue weighted by molar-refractivity contribution is 6.34. The van der Waals surface area contributed by atoms with Crippen LogP contribution >= 0.6 is 11.6 Å². The maximum Gasteiger partial charge on any atom is 0.253 e. The van der Waals surface area contributed by atoms with Crippen LogP contribution in [0, 0.1) is 17.8 Å². The molecule has 192 valence electrons. The largest absolute Gasteiger partial charge is 0.378 e. The molecule has 2 bridgehead atoms. The Morgan fingerprint density at radius 1 is 1.08 bits per heavy atom. The molecule has 2 fully saturated rings. The fraction of sp³-hybridized carbons (Fsp3) is 0.407. The highest BCUT2D eigenvalue weighted by atomic mass is 35.5. The van der Waals surface area contributed by atoms with Crippen LogP contribution in [0.25, 0.3) is 22.6 Å². The summed E-state index contributed by atoms with van der Waals surface area (Å²) in [5.41, 5.74) is 3.45. The summed E-state index contributed by atoms with van der Waals surface area (Å²) in [6.45, 7) is 3.25. The lowest BCUT2D eigenvalue weighted by Crippen LogP contribution is -2.47. The van der Waals surface area contributed by atoms with Gasteiger partial charge >= 0.3 is 0 Å². The number of rotatable bonds is 5. The minimum Gasteiger partial charge on any atom is -0.378 e. The monoisotopic (exact) mass is 519 g/mol. The molecule has 3 aliphatic rings. The van der Waals surface area contributed by atoms with Crippen molar-refractivity contribution in [2.24, 2.45) is 17.8 Å². The van der Waals surface area contributed by atoms with E-state index in [0.717, 1.165) is 38.2 Å². The lowest BCUT2D eigenvalue weighted by molar-refractivity contribution is -0.125. The van der Waals surface area contributed by atoms with Crippen LogP contribution in [0.15, 0.2) is 42.6 Å². The Labute approximate surface area is 220 Å². The van der Waals surface area contributed by atoms with Gasteiger partial charge in [0.15, 0.2) is 5.65 Å². The molecule has 37 heavy (non-hydrogen) atoms. The Morgan fingerprint density at radius 3 is 2.54 bits per heavy atom. The number of imidazole rings is 1. The second-order valence-electron chi connectivity index (χ2n) is 10.2. The highest BCUT2D eigenvalue weighted by Gasteiger charge is 2.48. The number of hydrogen-bond acceptors (Lipinski definition) is 6. The third-order valence-electron chi connectivity index (χ3n) is 7.99. The zero-order chi connectivity index (χ0) is 25.7. The van der Waals surface area contributed by atoms with Crippen LogP contribution in [-0.2, 0) is 4.79 Å². The van der Waals surface area contributed by atoms with E-state index in [-0.39, 0.29) is 35.6 Å². The standard InChI is InChI=1S/C27H30ClN7O2/c1-29-26(36)20-17-7-8-18(13-17)21(20)31-22-19(28)14-30-25-23(22)32-24(33-25)15-3-5-16(6-4-15)27(37)35-11-9-34(2)10-12-35/h3-8,14,17-18,20-21H,9-13H2,1-2H3,(H,29,36)(H2,30,31,32,33). The first-order valence-corrected chi connectivity index (χ1v) is 13.1. The number of likely N-dealkylation sites (N-methyl/N-ethyl adjacent to an activating group) is 1. The Hall–Kier alpha value is -3.43. The van der Waals surface area contributed by atoms with Crippen LogP contribution in [-0.4, -0.2) is 82.9 Å². The van der Waals surface area contributed by atoms with E-state index >= 15 is 0 Å². The number of nitrogens with one attached hydrogen (secondary N) is 3. The van der Waals surface area contributed by atoms with Crippen LogP contribution in [0.3, 0.4) is 0 Å². The summed E-state index contributed by atoms with van der Waals surface area (Å²) in [4.78, 5) is 42.2. The molecule has 1 aliphatic heterocycles. The second-order valence-corrected chi connectivity index (χ2v) is 10.6. The van der Waals surface area contributed by atoms with E-state index in [4.69, 9.17) is 16.6 Å². The van der Waals surface area contributed by atoms with Crippen molar-refractivity contribution in [2.75, 3.05) is 45.6 Å². The van der Waals surface area contributed by atoms with Crippen molar-refractivity contribution in [2.45, 2.75) is 12.5 Å². The Morgan fingerprint density at radius 2 is 1.81 bits per heavy atom. The predicted molar refractivity (Wildman–Crippen MR) is 143 cm³/mol. The number of fused-ring (bicyclic) bond motifs is 3. The molecule has 1 aromatic carbocycles. The number of allylic oxidation sites excluding steroid dienone is 1. The van der Waals surface area contributed by atoms with Crippen LogP contribution in [0.2, 0.25) is 5.02 Å². The predicted octanol–water partition coefficient (Wildman–Crippen LogP) is 3.01. The van der Waals surface area contributed by atoms with Crippen LogP contribution in [0.1, 0.15) is 16.8 Å². The van der Waals surface area contributed by atoms with Gasteiger partial charge in [0.1, 0.15) is 11.3 Å². The molecule has 9 nitrogen and oxygen atoms in total. The summed E-state index contributed by atoms with van der Waals surface area (Å²) in [5.74, 6) is 1.05. The number of pyridine rings is 1. The van der Waals surface area contributed by atoms with Gasteiger partial charge < -0.3 is 25.4 Å². The molecule has 0 radical (unpaired) electrons. The fourth-order valence-corrected chi connectivity index (χ4v) is 6.08. The maximum atomic E-state index is 12.9. The highest BCUT2D eigenvalue weighted by Crippen LogP contribution is 2.46. The Bertz CT molecular complexity index is 1380. The molecule has 1 saturated carbocycles. The Balaban J connectivity index is 1.26. The third-order valence-corrected chi connectivity index (χ3v) is 8.28. The number of amides is 2. The fourth-order valence-electron chi connectivity index (χ4n) is 5.88. The lowest BCUT2D eigenvalue weighted by atomic mass is 9.88. The molecule has 2 aromatic heterocycles. The van der Waals surface area contributed by atoms with Gasteiger partial charge in [-0.1, -0.05) is 35.9 Å². The first kappa shape index (κ1) is 23.9. The SMILES string of the molecule is CNC(=O)C1C2C=CC(C2)C1Nc1c(Cl)cnc2nc(-c3ccc(C(=O)N4CCN(C)CC4)cc3)[nH]c12. The first-order valence-electron chi connectivity index (χ1n) is 12.7. The molecule has 3 heterocycles. The minimum atomic E-state index is -0.160. The molecule has 4 atom stereocenters. The number of hydrogen-bond donors (Lipinski definition) is 3. The number of carbonyl (C=O) groups is 2. The van der Waals surface area contributed by atoms with Gasteiger partial charge in [-0.3, -0.25) is 9.59 Å². The van der Waals surface area contributed by atoms with E-state index in [1.165, 1.54) is 0 Å². The van der Waals surface area contributed by atoms with Gasteiger partial charge in [0.2, 0.25) is 5.91 Å². The van der Waals surface area contributed by atoms with Gasteiger partial charge in [-0.2, -0.15) is 0 Å². The number of piperazine rings is 1. The molecule has 10 heteroatoms. The van der Waals surface area contributed by atoms with Gasteiger partial charge in [0.05, 0.1) is 22.8 Å². The van der Waals surface area contributed by atoms with Crippen LogP contribution in [0.4, 0.5) is 5.69 Å². The molecule has 0 spiro atoms. The van der Waals surface area contributed by atoms with Gasteiger partial charge in [0, 0.05) is 50.4 Å². The number of carbonyl (C=O) groups excluding carboxylic acids is 2. The zero-order valence-electron chi connectivity index (χ0n) is 20.9. The van der Waals surface area contributed by atoms with Gasteiger partial charge in [-0.15, -0.1) is 0 Å². The van der Waals surface area contributed by atoms with Crippen molar-refractivity contribution >= 4 is 40.3 Å².